The molecule has 2 aliphatic heterocycles. The van der Waals surface area contributed by atoms with Crippen LogP contribution in [0.3, 0.4) is 0 Å². The monoisotopic (exact) mass is 448 g/mol. The molecule has 0 unspecified atom stereocenters. The Morgan fingerprint density at radius 1 is 1.19 bits per heavy atom. The minimum absolute atomic E-state index is 0.342. The van der Waals surface area contributed by atoms with Gasteiger partial charge in [0.2, 0.25) is 0 Å². The lowest BCUT2D eigenvalue weighted by atomic mass is 9.57. The predicted octanol–water partition coefficient (Wildman–Crippen LogP) is 2.23. The molecule has 4 aliphatic rings. The minimum atomic E-state index is -1.26. The van der Waals surface area contributed by atoms with E-state index in [9.17, 15) is 19.5 Å². The Hall–Kier alpha value is -2.19. The van der Waals surface area contributed by atoms with Crippen LogP contribution in [0.1, 0.15) is 54.4 Å². The van der Waals surface area contributed by atoms with Crippen molar-refractivity contribution >= 4 is 17.9 Å². The van der Waals surface area contributed by atoms with Crippen molar-refractivity contribution < 1.29 is 38.4 Å². The molecule has 0 saturated carbocycles. The van der Waals surface area contributed by atoms with Crippen LogP contribution in [0.15, 0.2) is 23.8 Å². The molecule has 0 radical (unpaired) electrons. The molecule has 176 valence electrons. The quantitative estimate of drug-likeness (QED) is 0.296. The van der Waals surface area contributed by atoms with Gasteiger partial charge in [0.1, 0.15) is 12.2 Å². The van der Waals surface area contributed by atoms with Crippen LogP contribution in [0.25, 0.3) is 0 Å². The van der Waals surface area contributed by atoms with Gasteiger partial charge < -0.3 is 24.1 Å². The zero-order valence-corrected chi connectivity index (χ0v) is 19.4. The Bertz CT molecular complexity index is 908. The average molecular weight is 449 g/mol. The lowest BCUT2D eigenvalue weighted by Gasteiger charge is -2.51. The smallest absolute Gasteiger partial charge is 0.342 e. The van der Waals surface area contributed by atoms with E-state index in [4.69, 9.17) is 18.9 Å². The first kappa shape index (κ1) is 23.0. The van der Waals surface area contributed by atoms with Crippen molar-refractivity contribution in [2.75, 3.05) is 0 Å². The number of aliphatic hydroxyl groups excluding tert-OH is 1. The molecular weight excluding hydrogens is 416 g/mol. The van der Waals surface area contributed by atoms with E-state index in [1.54, 1.807) is 13.0 Å². The van der Waals surface area contributed by atoms with Gasteiger partial charge in [-0.2, -0.15) is 0 Å². The molecule has 0 bridgehead atoms. The highest BCUT2D eigenvalue weighted by atomic mass is 16.7. The second-order valence-corrected chi connectivity index (χ2v) is 10.0. The van der Waals surface area contributed by atoms with E-state index in [2.05, 4.69) is 0 Å². The molecule has 2 fully saturated rings. The summed E-state index contributed by atoms with van der Waals surface area (Å²) < 4.78 is 22.9. The first-order valence-electron chi connectivity index (χ1n) is 11.2. The normalized spacial score (nSPS) is 48.8. The zero-order valence-electron chi connectivity index (χ0n) is 19.4. The number of ether oxygens (including phenoxy) is 4. The highest BCUT2D eigenvalue weighted by molar-refractivity contribution is 5.88. The van der Waals surface area contributed by atoms with Gasteiger partial charge in [-0.1, -0.05) is 25.5 Å². The summed E-state index contributed by atoms with van der Waals surface area (Å²) in [5, 5.41) is 11.9. The fraction of sp³-hybridized carbons (Fsp3) is 0.708. The molecule has 8 nitrogen and oxygen atoms in total. The summed E-state index contributed by atoms with van der Waals surface area (Å²) in [4.78, 5) is 36.4. The largest absolute Gasteiger partial charge is 0.462 e. The van der Waals surface area contributed by atoms with Crippen molar-refractivity contribution in [1.29, 1.82) is 0 Å². The number of rotatable bonds is 2. The van der Waals surface area contributed by atoms with Crippen molar-refractivity contribution in [2.45, 2.75) is 90.0 Å². The van der Waals surface area contributed by atoms with Gasteiger partial charge in [-0.3, -0.25) is 9.59 Å². The summed E-state index contributed by atoms with van der Waals surface area (Å²) in [5.74, 6) is -2.23. The highest BCUT2D eigenvalue weighted by Gasteiger charge is 2.85. The molecule has 0 aromatic rings. The maximum absolute atomic E-state index is 12.6. The number of esters is 3. The summed E-state index contributed by atoms with van der Waals surface area (Å²) in [6, 6.07) is 0. The molecule has 8 heteroatoms. The van der Waals surface area contributed by atoms with Crippen molar-refractivity contribution in [3.63, 3.8) is 0 Å². The Morgan fingerprint density at radius 2 is 1.84 bits per heavy atom. The van der Waals surface area contributed by atoms with Gasteiger partial charge in [-0.25, -0.2) is 4.79 Å². The number of allylic oxidation sites excluding steroid dienone is 1. The van der Waals surface area contributed by atoms with Crippen molar-refractivity contribution in [1.82, 2.24) is 0 Å². The van der Waals surface area contributed by atoms with E-state index < -0.39 is 64.9 Å². The van der Waals surface area contributed by atoms with Crippen LogP contribution in [0.4, 0.5) is 0 Å². The Labute approximate surface area is 187 Å². The number of aliphatic hydroxyl groups is 1. The molecule has 2 aliphatic carbocycles. The number of epoxide rings is 1. The zero-order chi connectivity index (χ0) is 23.6. The second-order valence-electron chi connectivity index (χ2n) is 10.0. The van der Waals surface area contributed by atoms with Gasteiger partial charge in [0, 0.05) is 31.1 Å². The van der Waals surface area contributed by atoms with Gasteiger partial charge in [-0.05, 0) is 38.8 Å². The van der Waals surface area contributed by atoms with Crippen LogP contribution < -0.4 is 0 Å². The van der Waals surface area contributed by atoms with Gasteiger partial charge in [-0.15, -0.1) is 0 Å². The van der Waals surface area contributed by atoms with Gasteiger partial charge in [0.05, 0.1) is 6.10 Å². The van der Waals surface area contributed by atoms with Crippen LogP contribution in [0.5, 0.6) is 0 Å². The van der Waals surface area contributed by atoms with Crippen molar-refractivity contribution in [3.05, 3.63) is 23.8 Å². The van der Waals surface area contributed by atoms with Crippen molar-refractivity contribution in [2.24, 2.45) is 17.3 Å². The Morgan fingerprint density at radius 3 is 2.44 bits per heavy atom. The third-order valence-electron chi connectivity index (χ3n) is 7.89. The summed E-state index contributed by atoms with van der Waals surface area (Å²) in [6.45, 7) is 10.1. The summed E-state index contributed by atoms with van der Waals surface area (Å²) in [7, 11) is 0. The average Bonchev–Trinajstić information content (AvgIpc) is 3.28. The second kappa shape index (κ2) is 7.42. The lowest BCUT2D eigenvalue weighted by molar-refractivity contribution is -0.171. The Kier molecular flexibility index (Phi) is 5.33. The van der Waals surface area contributed by atoms with E-state index in [0.717, 1.165) is 5.57 Å². The molecule has 1 N–H and O–H groups in total. The fourth-order valence-corrected chi connectivity index (χ4v) is 6.14. The van der Waals surface area contributed by atoms with Gasteiger partial charge in [0.15, 0.2) is 17.3 Å². The third-order valence-corrected chi connectivity index (χ3v) is 7.89. The molecular formula is C24H32O8. The van der Waals surface area contributed by atoms with E-state index in [1.165, 1.54) is 13.8 Å². The molecule has 0 amide bonds. The summed E-state index contributed by atoms with van der Waals surface area (Å²) >= 11 is 0. The summed E-state index contributed by atoms with van der Waals surface area (Å²) in [6.07, 6.45) is 3.69. The SMILES string of the molecule is CC(=O)O[C@H]1CC/C(C)=C\[C@@H]2OC(=O)[C@]3(C)O[C@]23[C@@H](O)[C@H]2[C@@H](C)[C@H](OC(C)=O)C=C[C@@]21C. The lowest BCUT2D eigenvalue weighted by Crippen LogP contribution is -2.59. The molecule has 32 heavy (non-hydrogen) atoms. The van der Waals surface area contributed by atoms with E-state index in [1.807, 2.05) is 32.9 Å². The van der Waals surface area contributed by atoms with Crippen molar-refractivity contribution in [3.8, 4) is 0 Å². The standard InChI is InChI=1S/C24H32O8/c1-12-7-8-17(30-15(4)26)22(5)10-9-16(29-14(3)25)13(2)19(22)20(27)24-18(11-12)31-21(28)23(24,6)32-24/h9-11,13,16-20,27H,7-8H2,1-6H3/b12-11-/t13-,16+,17-,18-,19+,20-,22+,23-,24-/m0/s1. The van der Waals surface area contributed by atoms with Crippen LogP contribution in [0, 0.1) is 17.3 Å². The van der Waals surface area contributed by atoms with Gasteiger partial charge >= 0.3 is 17.9 Å². The number of hydrogen-bond donors (Lipinski definition) is 1. The van der Waals surface area contributed by atoms with E-state index in [-0.39, 0.29) is 5.92 Å². The van der Waals surface area contributed by atoms with Crippen LogP contribution in [0.2, 0.25) is 0 Å². The fourth-order valence-electron chi connectivity index (χ4n) is 6.14. The third kappa shape index (κ3) is 3.14. The number of carbonyl (C=O) groups excluding carboxylic acids is 3. The maximum Gasteiger partial charge on any atom is 0.342 e. The first-order valence-corrected chi connectivity index (χ1v) is 11.2. The molecule has 4 rings (SSSR count). The molecule has 1 spiro atoms. The van der Waals surface area contributed by atoms with E-state index >= 15 is 0 Å². The molecule has 2 heterocycles. The molecule has 0 aromatic heterocycles. The summed E-state index contributed by atoms with van der Waals surface area (Å²) in [5.41, 5.74) is -2.35. The highest BCUT2D eigenvalue weighted by Crippen LogP contribution is 2.64. The number of hydrogen-bond acceptors (Lipinski definition) is 8. The number of fused-ring (bicyclic) bond motifs is 1. The molecule has 9 atom stereocenters. The maximum atomic E-state index is 12.6. The van der Waals surface area contributed by atoms with Crippen LogP contribution in [-0.4, -0.2) is 58.6 Å². The minimum Gasteiger partial charge on any atom is -0.462 e. The molecule has 2 saturated heterocycles. The van der Waals surface area contributed by atoms with E-state index in [0.29, 0.717) is 12.8 Å². The van der Waals surface area contributed by atoms with Crippen LogP contribution >= 0.6 is 0 Å². The first-order chi connectivity index (χ1) is 14.9. The topological polar surface area (TPSA) is 112 Å². The van der Waals surface area contributed by atoms with Gasteiger partial charge in [0.25, 0.3) is 0 Å². The molecule has 0 aromatic carbocycles. The number of carbonyl (C=O) groups is 3. The Balaban J connectivity index is 1.86. The van der Waals surface area contributed by atoms with Crippen LogP contribution in [-0.2, 0) is 33.3 Å². The predicted molar refractivity (Wildman–Crippen MR) is 112 cm³/mol.